The first-order valence-electron chi connectivity index (χ1n) is 11.4. The molecule has 0 saturated carbocycles. The van der Waals surface area contributed by atoms with Crippen molar-refractivity contribution in [3.63, 3.8) is 0 Å². The Labute approximate surface area is 192 Å². The highest BCUT2D eigenvalue weighted by atomic mass is 19.1. The van der Waals surface area contributed by atoms with Gasteiger partial charge in [-0.15, -0.1) is 0 Å². The number of nitrogens with one attached hydrogen (secondary N) is 1. The zero-order valence-electron chi connectivity index (χ0n) is 18.4. The van der Waals surface area contributed by atoms with Gasteiger partial charge in [-0.05, 0) is 61.8 Å². The zero-order valence-corrected chi connectivity index (χ0v) is 18.4. The molecule has 1 aromatic heterocycles. The number of nitrogens with zero attached hydrogens (tertiary/aromatic N) is 4. The molecule has 0 atom stereocenters. The second kappa shape index (κ2) is 9.80. The van der Waals surface area contributed by atoms with Crippen LogP contribution in [0.4, 0.5) is 26.1 Å². The van der Waals surface area contributed by atoms with E-state index in [9.17, 15) is 8.78 Å². The van der Waals surface area contributed by atoms with Crippen LogP contribution in [0.25, 0.3) is 11.3 Å². The molecule has 3 aromatic rings. The number of anilines is 3. The Morgan fingerprint density at radius 1 is 0.970 bits per heavy atom. The maximum Gasteiger partial charge on any atom is 0.227 e. The van der Waals surface area contributed by atoms with E-state index in [-0.39, 0.29) is 11.6 Å². The summed E-state index contributed by atoms with van der Waals surface area (Å²) in [6.45, 7) is 5.64. The van der Waals surface area contributed by atoms with E-state index in [1.165, 1.54) is 30.5 Å². The SMILES string of the molecule is Fc1cc(-c2nc(Nc3cccc(CN4CCCC4)c3)ncc2F)cc(N2CCOCC2)c1. The van der Waals surface area contributed by atoms with Gasteiger partial charge in [0, 0.05) is 36.6 Å². The normalized spacial score (nSPS) is 16.8. The molecule has 0 unspecified atom stereocenters. The van der Waals surface area contributed by atoms with Gasteiger partial charge in [0.05, 0.1) is 19.4 Å². The van der Waals surface area contributed by atoms with Crippen molar-refractivity contribution >= 4 is 17.3 Å². The lowest BCUT2D eigenvalue weighted by molar-refractivity contribution is 0.122. The van der Waals surface area contributed by atoms with E-state index in [0.29, 0.717) is 37.6 Å². The van der Waals surface area contributed by atoms with Crippen LogP contribution in [0.1, 0.15) is 18.4 Å². The van der Waals surface area contributed by atoms with Crippen molar-refractivity contribution in [3.05, 3.63) is 65.9 Å². The number of benzene rings is 2. The van der Waals surface area contributed by atoms with Crippen LogP contribution in [0.3, 0.4) is 0 Å². The Balaban J connectivity index is 1.38. The van der Waals surface area contributed by atoms with Crippen LogP contribution in [-0.4, -0.2) is 54.3 Å². The minimum absolute atomic E-state index is 0.0646. The third-order valence-electron chi connectivity index (χ3n) is 6.06. The molecule has 33 heavy (non-hydrogen) atoms. The fraction of sp³-hybridized carbons (Fsp3) is 0.360. The summed E-state index contributed by atoms with van der Waals surface area (Å²) in [4.78, 5) is 12.9. The molecule has 172 valence electrons. The summed E-state index contributed by atoms with van der Waals surface area (Å²) in [5, 5.41) is 3.17. The van der Waals surface area contributed by atoms with Gasteiger partial charge in [-0.25, -0.2) is 18.7 Å². The lowest BCUT2D eigenvalue weighted by Crippen LogP contribution is -2.36. The van der Waals surface area contributed by atoms with E-state index >= 15 is 0 Å². The van der Waals surface area contributed by atoms with Crippen molar-refractivity contribution in [1.82, 2.24) is 14.9 Å². The van der Waals surface area contributed by atoms with Gasteiger partial charge in [0.1, 0.15) is 11.5 Å². The van der Waals surface area contributed by atoms with Crippen LogP contribution in [0.15, 0.2) is 48.7 Å². The number of morpholine rings is 1. The van der Waals surface area contributed by atoms with Gasteiger partial charge in [0.2, 0.25) is 5.95 Å². The molecule has 8 heteroatoms. The highest BCUT2D eigenvalue weighted by molar-refractivity contribution is 5.68. The van der Waals surface area contributed by atoms with E-state index in [0.717, 1.165) is 31.5 Å². The molecule has 0 radical (unpaired) electrons. The summed E-state index contributed by atoms with van der Waals surface area (Å²) in [6, 6.07) is 12.6. The molecule has 0 aliphatic carbocycles. The second-order valence-electron chi connectivity index (χ2n) is 8.50. The average Bonchev–Trinajstić information content (AvgIpc) is 3.34. The maximum atomic E-state index is 14.7. The Morgan fingerprint density at radius 3 is 2.61 bits per heavy atom. The molecule has 0 spiro atoms. The number of hydrogen-bond acceptors (Lipinski definition) is 6. The highest BCUT2D eigenvalue weighted by Crippen LogP contribution is 2.29. The maximum absolute atomic E-state index is 14.7. The first-order valence-corrected chi connectivity index (χ1v) is 11.4. The van der Waals surface area contributed by atoms with E-state index < -0.39 is 11.6 Å². The Kier molecular flexibility index (Phi) is 6.46. The summed E-state index contributed by atoms with van der Waals surface area (Å²) < 4.78 is 34.5. The molecule has 2 fully saturated rings. The van der Waals surface area contributed by atoms with Gasteiger partial charge in [-0.3, -0.25) is 4.90 Å². The minimum atomic E-state index is -0.595. The Hall–Kier alpha value is -3.10. The monoisotopic (exact) mass is 451 g/mol. The molecule has 0 amide bonds. The van der Waals surface area contributed by atoms with Crippen molar-refractivity contribution in [2.24, 2.45) is 0 Å². The van der Waals surface area contributed by atoms with Crippen molar-refractivity contribution in [1.29, 1.82) is 0 Å². The van der Waals surface area contributed by atoms with Crippen molar-refractivity contribution in [2.45, 2.75) is 19.4 Å². The largest absolute Gasteiger partial charge is 0.378 e. The van der Waals surface area contributed by atoms with Crippen molar-refractivity contribution in [3.8, 4) is 11.3 Å². The molecular weight excluding hydrogens is 424 g/mol. The summed E-state index contributed by atoms with van der Waals surface area (Å²) in [5.74, 6) is -0.764. The highest BCUT2D eigenvalue weighted by Gasteiger charge is 2.17. The lowest BCUT2D eigenvalue weighted by atomic mass is 10.1. The third kappa shape index (κ3) is 5.29. The predicted molar refractivity (Wildman–Crippen MR) is 125 cm³/mol. The fourth-order valence-electron chi connectivity index (χ4n) is 4.42. The summed E-state index contributed by atoms with van der Waals surface area (Å²) in [7, 11) is 0. The molecular formula is C25H27F2N5O. The Morgan fingerprint density at radius 2 is 1.79 bits per heavy atom. The van der Waals surface area contributed by atoms with Gasteiger partial charge in [-0.2, -0.15) is 0 Å². The number of ether oxygens (including phenoxy) is 1. The van der Waals surface area contributed by atoms with Gasteiger partial charge >= 0.3 is 0 Å². The molecule has 2 aliphatic rings. The molecule has 6 nitrogen and oxygen atoms in total. The number of aromatic nitrogens is 2. The van der Waals surface area contributed by atoms with Gasteiger partial charge in [0.25, 0.3) is 0 Å². The van der Waals surface area contributed by atoms with Crippen molar-refractivity contribution < 1.29 is 13.5 Å². The second-order valence-corrected chi connectivity index (χ2v) is 8.50. The van der Waals surface area contributed by atoms with Crippen LogP contribution >= 0.6 is 0 Å². The summed E-state index contributed by atoms with van der Waals surface area (Å²) >= 11 is 0. The number of hydrogen-bond donors (Lipinski definition) is 1. The number of rotatable bonds is 6. The topological polar surface area (TPSA) is 53.5 Å². The van der Waals surface area contributed by atoms with Gasteiger partial charge < -0.3 is 15.0 Å². The van der Waals surface area contributed by atoms with Crippen LogP contribution in [0, 0.1) is 11.6 Å². The third-order valence-corrected chi connectivity index (χ3v) is 6.06. The molecule has 0 bridgehead atoms. The van der Waals surface area contributed by atoms with E-state index in [4.69, 9.17) is 4.74 Å². The number of halogens is 2. The predicted octanol–water partition coefficient (Wildman–Crippen LogP) is 4.60. The first-order chi connectivity index (χ1) is 16.1. The molecule has 5 rings (SSSR count). The smallest absolute Gasteiger partial charge is 0.227 e. The summed E-state index contributed by atoms with van der Waals surface area (Å²) in [6.07, 6.45) is 3.62. The Bertz CT molecular complexity index is 1110. The quantitative estimate of drug-likeness (QED) is 0.591. The first kappa shape index (κ1) is 21.7. The number of likely N-dealkylation sites (tertiary alicyclic amines) is 1. The molecule has 3 heterocycles. The van der Waals surface area contributed by atoms with E-state index in [1.807, 2.05) is 17.0 Å². The fourth-order valence-corrected chi connectivity index (χ4v) is 4.42. The molecule has 2 aromatic carbocycles. The molecule has 1 N–H and O–H groups in total. The standard InChI is InChI=1S/C25H27F2N5O/c26-20-13-19(14-22(15-20)32-8-10-33-11-9-32)24-23(27)16-28-25(30-24)29-21-5-3-4-18(12-21)17-31-6-1-2-7-31/h3-5,12-16H,1-2,6-11,17H2,(H,28,29,30). The average molecular weight is 452 g/mol. The lowest BCUT2D eigenvalue weighted by Gasteiger charge is -2.29. The van der Waals surface area contributed by atoms with Gasteiger partial charge in [0.15, 0.2) is 5.82 Å². The van der Waals surface area contributed by atoms with E-state index in [2.05, 4.69) is 32.3 Å². The van der Waals surface area contributed by atoms with E-state index in [1.54, 1.807) is 6.07 Å². The van der Waals surface area contributed by atoms with Gasteiger partial charge in [-0.1, -0.05) is 12.1 Å². The molecule has 2 saturated heterocycles. The summed E-state index contributed by atoms with van der Waals surface area (Å²) in [5.41, 5.74) is 3.16. The van der Waals surface area contributed by atoms with Crippen LogP contribution in [-0.2, 0) is 11.3 Å². The van der Waals surface area contributed by atoms with Crippen LogP contribution in [0.2, 0.25) is 0 Å². The van der Waals surface area contributed by atoms with Crippen molar-refractivity contribution in [2.75, 3.05) is 49.6 Å². The minimum Gasteiger partial charge on any atom is -0.378 e. The molecule has 2 aliphatic heterocycles. The zero-order chi connectivity index (χ0) is 22.6. The van der Waals surface area contributed by atoms with Crippen LogP contribution < -0.4 is 10.2 Å². The van der Waals surface area contributed by atoms with Crippen LogP contribution in [0.5, 0.6) is 0 Å².